The molecule has 6 aromatic carbocycles. The Labute approximate surface area is 536 Å². The second-order valence-electron chi connectivity index (χ2n) is 14.8. The molecular weight excluding hydrogens is 1090 g/mol. The standard InChI is InChI=1S/C18H17ClO4.C18H16O4.C15H14O3.C3H4Cl2O.CH2O3.2K.H/c19-12-11-16(20)23-13-18(22,15-9-5-2-6-10-15)17(21)14-7-3-1-4-8-14;1-2-16(19)22-13-18(21,15-11-7-4-8-12-15)17(20)14-9-5-3-6-10-14;16-11-15(18,13-9-5-2-6-10-13)14(17)12-7-3-1-4-8-12;4-2-1-3(5)6;2-1-4-3;;;/h1-10,22H,11-13H2;2-12,21H,1,13H2;1-10,16,18H,11H2;1-2H2;1,3H;;;/q;;;;;2*+1;-1/p-1. The van der Waals surface area contributed by atoms with Crippen LogP contribution >= 0.6 is 34.8 Å². The van der Waals surface area contributed by atoms with Gasteiger partial charge in [0.2, 0.25) is 22.6 Å². The van der Waals surface area contributed by atoms with Crippen LogP contribution in [0.2, 0.25) is 0 Å². The van der Waals surface area contributed by atoms with Crippen LogP contribution in [0.4, 0.5) is 0 Å². The van der Waals surface area contributed by atoms with Gasteiger partial charge in [-0.15, -0.1) is 23.2 Å². The Morgan fingerprint density at radius 3 is 1.05 bits per heavy atom. The molecule has 0 saturated heterocycles. The van der Waals surface area contributed by atoms with Crippen LogP contribution in [-0.4, -0.2) is 93.0 Å². The van der Waals surface area contributed by atoms with Crippen LogP contribution in [0.1, 0.15) is 62.0 Å². The number of hydrogen-bond donors (Lipinski definition) is 4. The number of rotatable bonds is 20. The summed E-state index contributed by atoms with van der Waals surface area (Å²) in [5.41, 5.74) is -3.60. The van der Waals surface area contributed by atoms with Crippen molar-refractivity contribution < 1.29 is 178 Å². The van der Waals surface area contributed by atoms with Gasteiger partial charge in [-0.05, 0) is 28.3 Å². The van der Waals surface area contributed by atoms with E-state index in [4.69, 9.17) is 54.3 Å². The minimum atomic E-state index is -1.94. The van der Waals surface area contributed by atoms with Gasteiger partial charge < -0.3 is 41.5 Å². The smallest absolute Gasteiger partial charge is 1.00 e. The summed E-state index contributed by atoms with van der Waals surface area (Å²) < 4.78 is 9.98. The summed E-state index contributed by atoms with van der Waals surface area (Å²) in [5.74, 6) is -2.38. The van der Waals surface area contributed by atoms with Crippen molar-refractivity contribution >= 4 is 75.8 Å². The van der Waals surface area contributed by atoms with E-state index in [1.54, 1.807) is 182 Å². The first-order valence-electron chi connectivity index (χ1n) is 21.7. The van der Waals surface area contributed by atoms with Crippen molar-refractivity contribution in [2.24, 2.45) is 0 Å². The molecule has 0 amide bonds. The largest absolute Gasteiger partial charge is 1.00 e. The molecule has 0 aliphatic heterocycles. The van der Waals surface area contributed by atoms with E-state index < -0.39 is 65.9 Å². The zero-order valence-corrected chi connectivity index (χ0v) is 49.6. The van der Waals surface area contributed by atoms with Crippen molar-refractivity contribution in [2.45, 2.75) is 29.6 Å². The van der Waals surface area contributed by atoms with Gasteiger partial charge in [-0.2, -0.15) is 0 Å². The molecule has 0 fully saturated rings. The van der Waals surface area contributed by atoms with Gasteiger partial charge in [0, 0.05) is 40.9 Å². The third kappa shape index (κ3) is 24.1. The normalized spacial score (nSPS) is 12.1. The van der Waals surface area contributed by atoms with E-state index in [1.165, 1.54) is 0 Å². The molecule has 0 aliphatic rings. The second kappa shape index (κ2) is 39.5. The zero-order chi connectivity index (χ0) is 54.1. The number of hydrogen-bond acceptors (Lipinski definition) is 15. The van der Waals surface area contributed by atoms with E-state index in [-0.39, 0.29) is 135 Å². The third-order valence-electron chi connectivity index (χ3n) is 9.88. The Bertz CT molecular complexity index is 2630. The fourth-order valence-corrected chi connectivity index (χ4v) is 6.64. The van der Waals surface area contributed by atoms with E-state index in [0.29, 0.717) is 39.3 Å². The molecule has 386 valence electrons. The molecule has 3 atom stereocenters. The van der Waals surface area contributed by atoms with Crippen molar-refractivity contribution in [2.75, 3.05) is 31.6 Å². The zero-order valence-electron chi connectivity index (χ0n) is 42.0. The summed E-state index contributed by atoms with van der Waals surface area (Å²) in [5, 5.41) is 49.7. The predicted molar refractivity (Wildman–Crippen MR) is 272 cm³/mol. The Balaban J connectivity index is 0. The summed E-state index contributed by atoms with van der Waals surface area (Å²) >= 11 is 15.4. The van der Waals surface area contributed by atoms with Crippen molar-refractivity contribution in [1.82, 2.24) is 0 Å². The van der Waals surface area contributed by atoms with E-state index in [9.17, 15) is 49.2 Å². The minimum absolute atomic E-state index is 0. The molecule has 6 aromatic rings. The monoisotopic (exact) mass is 1140 g/mol. The topological polar surface area (TPSA) is 251 Å². The molecule has 0 radical (unpaired) electrons. The number of benzene rings is 6. The molecule has 0 saturated carbocycles. The molecule has 20 heteroatoms. The molecule has 3 unspecified atom stereocenters. The molecule has 0 aliphatic carbocycles. The fourth-order valence-electron chi connectivity index (χ4n) is 6.12. The molecule has 0 spiro atoms. The number of aliphatic hydroxyl groups excluding tert-OH is 1. The van der Waals surface area contributed by atoms with Crippen LogP contribution in [0.3, 0.4) is 0 Å². The van der Waals surface area contributed by atoms with Gasteiger partial charge in [-0.25, -0.2) is 4.79 Å². The van der Waals surface area contributed by atoms with Crippen LogP contribution in [0.5, 0.6) is 0 Å². The molecule has 4 N–H and O–H groups in total. The van der Waals surface area contributed by atoms with Gasteiger partial charge >= 0.3 is 115 Å². The molecule has 15 nitrogen and oxygen atoms in total. The molecule has 0 heterocycles. The quantitative estimate of drug-likeness (QED) is 0.00962. The number of ether oxygens (including phenoxy) is 2. The summed E-state index contributed by atoms with van der Waals surface area (Å²) in [6, 6.07) is 50.5. The summed E-state index contributed by atoms with van der Waals surface area (Å²) in [4.78, 5) is 81.6. The summed E-state index contributed by atoms with van der Waals surface area (Å²) in [6.07, 6.45) is 1.27. The van der Waals surface area contributed by atoms with Crippen molar-refractivity contribution in [3.05, 3.63) is 228 Å². The van der Waals surface area contributed by atoms with Crippen LogP contribution in [0, 0.1) is 0 Å². The number of carbonyl (C=O) groups is 7. The fraction of sp³-hybridized carbons (Fsp3) is 0.182. The van der Waals surface area contributed by atoms with E-state index in [0.717, 1.165) is 6.08 Å². The minimum Gasteiger partial charge on any atom is -1.00 e. The molecule has 0 aromatic heterocycles. The van der Waals surface area contributed by atoms with Crippen molar-refractivity contribution in [1.29, 1.82) is 0 Å². The predicted octanol–water partition coefficient (Wildman–Crippen LogP) is 1.10. The van der Waals surface area contributed by atoms with E-state index in [2.05, 4.69) is 11.5 Å². The summed E-state index contributed by atoms with van der Waals surface area (Å²) in [7, 11) is 0. The third-order valence-corrected chi connectivity index (χ3v) is 10.4. The number of alkyl halides is 2. The van der Waals surface area contributed by atoms with Crippen LogP contribution in [-0.2, 0) is 50.3 Å². The molecule has 0 bridgehead atoms. The maximum absolute atomic E-state index is 12.8. The van der Waals surface area contributed by atoms with Gasteiger partial charge in [0.25, 0.3) is 6.47 Å². The van der Waals surface area contributed by atoms with E-state index >= 15 is 0 Å². The maximum Gasteiger partial charge on any atom is 1.00 e. The first kappa shape index (κ1) is 71.1. The molecular formula is C55H53Cl3K2O15. The van der Waals surface area contributed by atoms with Crippen LogP contribution in [0.15, 0.2) is 195 Å². The number of Topliss-reactive ketones (excluding diaryl/α,β-unsaturated/α-hetero) is 3. The SMILES string of the molecule is C=CC(=O)OCC(O)(C(=O)c1ccccc1)c1ccccc1.O=C(CCCl)OCC(O)(C(=O)c1ccccc1)c1ccccc1.O=C(Cl)CCCl.O=C(c1ccccc1)C(O)(CO)c1ccccc1.O=CO[O-].[H-].[K+].[K+]. The Kier molecular flexibility index (Phi) is 37.4. The first-order chi connectivity index (χ1) is 35.0. The Morgan fingerprint density at radius 1 is 0.520 bits per heavy atom. The molecule has 75 heavy (non-hydrogen) atoms. The number of ketones is 3. The van der Waals surface area contributed by atoms with Crippen molar-refractivity contribution in [3.8, 4) is 0 Å². The maximum atomic E-state index is 12.8. The second-order valence-corrected chi connectivity index (χ2v) is 16.0. The van der Waals surface area contributed by atoms with Crippen molar-refractivity contribution in [3.63, 3.8) is 0 Å². The average Bonchev–Trinajstić information content (AvgIpc) is 3.44. The Morgan fingerprint density at radius 2 is 0.800 bits per heavy atom. The number of carbonyl (C=O) groups excluding carboxylic acids is 7. The first-order valence-corrected chi connectivity index (χ1v) is 23.2. The van der Waals surface area contributed by atoms with Gasteiger partial charge in [-0.3, -0.25) is 28.8 Å². The number of halogens is 3. The van der Waals surface area contributed by atoms with E-state index in [1.807, 2.05) is 0 Å². The van der Waals surface area contributed by atoms with Crippen LogP contribution in [0.25, 0.3) is 0 Å². The van der Waals surface area contributed by atoms with Gasteiger partial charge in [-0.1, -0.05) is 189 Å². The average molecular weight is 1140 g/mol. The number of aliphatic hydroxyl groups is 4. The number of esters is 2. The Hall–Kier alpha value is -3.91. The summed E-state index contributed by atoms with van der Waals surface area (Å²) in [6.45, 7) is 1.53. The van der Waals surface area contributed by atoms with Gasteiger partial charge in [0.1, 0.15) is 13.2 Å². The van der Waals surface area contributed by atoms with Crippen LogP contribution < -0.4 is 108 Å². The van der Waals surface area contributed by atoms with Gasteiger partial charge in [0.05, 0.1) is 13.0 Å². The van der Waals surface area contributed by atoms with Gasteiger partial charge in [0.15, 0.2) is 16.8 Å². The molecule has 6 rings (SSSR count).